The van der Waals surface area contributed by atoms with Gasteiger partial charge in [-0.05, 0) is 36.4 Å². The van der Waals surface area contributed by atoms with Crippen molar-refractivity contribution < 1.29 is 9.72 Å². The number of nitro groups is 1. The van der Waals surface area contributed by atoms with Gasteiger partial charge < -0.3 is 0 Å². The normalized spacial score (nSPS) is 10.4. The zero-order chi connectivity index (χ0) is 14.0. The van der Waals surface area contributed by atoms with E-state index in [4.69, 9.17) is 11.6 Å². The maximum Gasteiger partial charge on any atom is 0.270 e. The molecule has 0 aliphatic rings. The highest BCUT2D eigenvalue weighted by Crippen LogP contribution is 2.31. The lowest BCUT2D eigenvalue weighted by Crippen LogP contribution is -1.96. The molecule has 0 aliphatic carbocycles. The minimum absolute atomic E-state index is 0.0586. The van der Waals surface area contributed by atoms with E-state index in [1.165, 1.54) is 12.1 Å². The van der Waals surface area contributed by atoms with Crippen molar-refractivity contribution in [2.75, 3.05) is 0 Å². The highest BCUT2D eigenvalue weighted by atomic mass is 35.5. The Kier molecular flexibility index (Phi) is 3.82. The minimum atomic E-state index is -0.765. The molecule has 1 heterocycles. The number of H-pyrrole nitrogens is 1. The monoisotopic (exact) mass is 298 g/mol. The fraction of sp³-hybridized carbons (Fsp3) is 0.100. The van der Waals surface area contributed by atoms with Crippen molar-refractivity contribution in [2.24, 2.45) is 0 Å². The molecular formula is C10H7ClN4O3S. The van der Waals surface area contributed by atoms with Crippen LogP contribution in [0, 0.1) is 17.0 Å². The number of hydrogen-bond acceptors (Lipinski definition) is 6. The standard InChI is InChI=1S/C10H7ClN4O3S/c1-5-12-10(14-13-5)19-8-3-2-6(15(17)18)4-7(8)9(11)16/h2-4H,1H3,(H,12,13,14). The summed E-state index contributed by atoms with van der Waals surface area (Å²) in [5, 5.41) is 16.9. The van der Waals surface area contributed by atoms with Crippen LogP contribution in [0.1, 0.15) is 16.2 Å². The first-order valence-corrected chi connectivity index (χ1v) is 6.22. The molecular weight excluding hydrogens is 292 g/mol. The summed E-state index contributed by atoms with van der Waals surface area (Å²) in [4.78, 5) is 25.9. The van der Waals surface area contributed by atoms with Gasteiger partial charge in [0.15, 0.2) is 0 Å². The number of rotatable bonds is 4. The molecule has 0 spiro atoms. The number of aromatic nitrogens is 3. The highest BCUT2D eigenvalue weighted by Gasteiger charge is 2.17. The molecule has 19 heavy (non-hydrogen) atoms. The average molecular weight is 299 g/mol. The summed E-state index contributed by atoms with van der Waals surface area (Å²) < 4.78 is 0. The summed E-state index contributed by atoms with van der Waals surface area (Å²) in [6.45, 7) is 1.74. The number of nitro benzene ring substituents is 1. The van der Waals surface area contributed by atoms with Gasteiger partial charge in [-0.2, -0.15) is 0 Å². The molecule has 0 saturated carbocycles. The number of carbonyl (C=O) groups excluding carboxylic acids is 1. The number of aryl methyl sites for hydroxylation is 1. The lowest BCUT2D eigenvalue weighted by atomic mass is 10.2. The van der Waals surface area contributed by atoms with Crippen molar-refractivity contribution in [2.45, 2.75) is 17.0 Å². The van der Waals surface area contributed by atoms with Gasteiger partial charge in [0.05, 0.1) is 10.5 Å². The van der Waals surface area contributed by atoms with Gasteiger partial charge >= 0.3 is 0 Å². The Morgan fingerprint density at radius 2 is 2.26 bits per heavy atom. The fourth-order valence-electron chi connectivity index (χ4n) is 1.34. The van der Waals surface area contributed by atoms with Crippen LogP contribution >= 0.6 is 23.4 Å². The van der Waals surface area contributed by atoms with E-state index in [1.807, 2.05) is 0 Å². The van der Waals surface area contributed by atoms with Gasteiger partial charge in [0.1, 0.15) is 5.82 Å². The molecule has 0 unspecified atom stereocenters. The van der Waals surface area contributed by atoms with Crippen LogP contribution in [-0.4, -0.2) is 25.3 Å². The molecule has 0 fully saturated rings. The van der Waals surface area contributed by atoms with Crippen LogP contribution in [0.5, 0.6) is 0 Å². The summed E-state index contributed by atoms with van der Waals surface area (Å²) in [7, 11) is 0. The second kappa shape index (κ2) is 5.37. The molecule has 0 radical (unpaired) electrons. The molecule has 0 aliphatic heterocycles. The molecule has 1 aromatic carbocycles. The third-order valence-corrected chi connectivity index (χ3v) is 3.31. The Morgan fingerprint density at radius 1 is 1.53 bits per heavy atom. The zero-order valence-corrected chi connectivity index (χ0v) is 11.2. The van der Waals surface area contributed by atoms with Gasteiger partial charge in [-0.15, -0.1) is 5.10 Å². The summed E-state index contributed by atoms with van der Waals surface area (Å²) in [6.07, 6.45) is 0. The maximum absolute atomic E-state index is 11.3. The number of hydrogen-bond donors (Lipinski definition) is 1. The molecule has 9 heteroatoms. The lowest BCUT2D eigenvalue weighted by Gasteiger charge is -2.02. The second-order valence-electron chi connectivity index (χ2n) is 3.52. The van der Waals surface area contributed by atoms with Crippen LogP contribution in [0.2, 0.25) is 0 Å². The van der Waals surface area contributed by atoms with E-state index in [-0.39, 0.29) is 11.3 Å². The molecule has 1 aromatic heterocycles. The average Bonchev–Trinajstić information content (AvgIpc) is 2.74. The third kappa shape index (κ3) is 3.09. The number of carbonyl (C=O) groups is 1. The molecule has 98 valence electrons. The van der Waals surface area contributed by atoms with E-state index in [0.29, 0.717) is 15.9 Å². The summed E-state index contributed by atoms with van der Waals surface area (Å²) in [5.74, 6) is 0.628. The van der Waals surface area contributed by atoms with Crippen molar-refractivity contribution in [3.8, 4) is 0 Å². The van der Waals surface area contributed by atoms with Gasteiger partial charge in [-0.25, -0.2) is 4.98 Å². The van der Waals surface area contributed by atoms with E-state index in [0.717, 1.165) is 17.8 Å². The number of non-ortho nitro benzene ring substituents is 1. The van der Waals surface area contributed by atoms with E-state index < -0.39 is 10.2 Å². The first kappa shape index (κ1) is 13.5. The number of nitrogens with one attached hydrogen (secondary N) is 1. The molecule has 7 nitrogen and oxygen atoms in total. The number of aromatic amines is 1. The van der Waals surface area contributed by atoms with E-state index in [1.54, 1.807) is 6.92 Å². The van der Waals surface area contributed by atoms with Gasteiger partial charge in [-0.1, -0.05) is 0 Å². The minimum Gasteiger partial charge on any atom is -0.276 e. The summed E-state index contributed by atoms with van der Waals surface area (Å²) in [5.41, 5.74) is -0.136. The van der Waals surface area contributed by atoms with Crippen molar-refractivity contribution in [1.82, 2.24) is 15.2 Å². The molecule has 0 amide bonds. The van der Waals surface area contributed by atoms with Crippen LogP contribution < -0.4 is 0 Å². The quantitative estimate of drug-likeness (QED) is 0.528. The predicted molar refractivity (Wildman–Crippen MR) is 68.5 cm³/mol. The molecule has 2 rings (SSSR count). The van der Waals surface area contributed by atoms with Crippen LogP contribution in [0.25, 0.3) is 0 Å². The third-order valence-electron chi connectivity index (χ3n) is 2.16. The second-order valence-corrected chi connectivity index (χ2v) is 4.87. The molecule has 1 N–H and O–H groups in total. The van der Waals surface area contributed by atoms with Crippen LogP contribution in [-0.2, 0) is 0 Å². The number of nitrogens with zero attached hydrogens (tertiary/aromatic N) is 3. The Labute approximate surface area is 116 Å². The van der Waals surface area contributed by atoms with E-state index in [2.05, 4.69) is 15.2 Å². The SMILES string of the molecule is Cc1nc(Sc2ccc([N+](=O)[O-])cc2C(=O)Cl)n[nH]1. The van der Waals surface area contributed by atoms with Crippen molar-refractivity contribution >= 4 is 34.3 Å². The fourth-order valence-corrected chi connectivity index (χ4v) is 2.42. The zero-order valence-electron chi connectivity index (χ0n) is 9.58. The maximum atomic E-state index is 11.3. The smallest absolute Gasteiger partial charge is 0.270 e. The molecule has 0 atom stereocenters. The van der Waals surface area contributed by atoms with Crippen LogP contribution in [0.15, 0.2) is 28.3 Å². The van der Waals surface area contributed by atoms with Crippen molar-refractivity contribution in [1.29, 1.82) is 0 Å². The first-order valence-electron chi connectivity index (χ1n) is 5.02. The van der Waals surface area contributed by atoms with E-state index >= 15 is 0 Å². The summed E-state index contributed by atoms with van der Waals surface area (Å²) >= 11 is 6.54. The Bertz CT molecular complexity index is 658. The van der Waals surface area contributed by atoms with Crippen molar-refractivity contribution in [3.63, 3.8) is 0 Å². The summed E-state index contributed by atoms with van der Waals surface area (Å²) in [6, 6.07) is 3.88. The molecule has 2 aromatic rings. The number of benzene rings is 1. The van der Waals surface area contributed by atoms with Gasteiger partial charge in [0, 0.05) is 17.0 Å². The number of halogens is 1. The van der Waals surface area contributed by atoms with Gasteiger partial charge in [-0.3, -0.25) is 20.0 Å². The van der Waals surface area contributed by atoms with Crippen LogP contribution in [0.4, 0.5) is 5.69 Å². The Balaban J connectivity index is 2.39. The van der Waals surface area contributed by atoms with Gasteiger partial charge in [0.25, 0.3) is 10.9 Å². The predicted octanol–water partition coefficient (Wildman–Crippen LogP) is 2.55. The van der Waals surface area contributed by atoms with Crippen molar-refractivity contribution in [3.05, 3.63) is 39.7 Å². The lowest BCUT2D eigenvalue weighted by molar-refractivity contribution is -0.384. The molecule has 0 saturated heterocycles. The first-order chi connectivity index (χ1) is 8.97. The molecule has 0 bridgehead atoms. The topological polar surface area (TPSA) is 102 Å². The Morgan fingerprint density at radius 3 is 2.79 bits per heavy atom. The van der Waals surface area contributed by atoms with Gasteiger partial charge in [0.2, 0.25) is 5.16 Å². The largest absolute Gasteiger partial charge is 0.276 e. The highest BCUT2D eigenvalue weighted by molar-refractivity contribution is 7.99. The Hall–Kier alpha value is -1.93. The van der Waals surface area contributed by atoms with Crippen LogP contribution in [0.3, 0.4) is 0 Å². The van der Waals surface area contributed by atoms with E-state index in [9.17, 15) is 14.9 Å².